The van der Waals surface area contributed by atoms with Gasteiger partial charge in [-0.3, -0.25) is 4.98 Å². The van der Waals surface area contributed by atoms with Crippen molar-refractivity contribution in [1.29, 1.82) is 0 Å². The number of piperidine rings is 1. The first-order valence-electron chi connectivity index (χ1n) is 10.9. The first-order valence-corrected chi connectivity index (χ1v) is 12.8. The van der Waals surface area contributed by atoms with Gasteiger partial charge in [-0.2, -0.15) is 9.61 Å². The molecule has 3 N–H and O–H groups in total. The van der Waals surface area contributed by atoms with E-state index in [0.29, 0.717) is 30.2 Å². The Hall–Kier alpha value is -3.02. The number of phenolic OH excluding ortho intramolecular Hbond substituents is 2. The average Bonchev–Trinajstić information content (AvgIpc) is 3.25. The fourth-order valence-electron chi connectivity index (χ4n) is 4.08. The maximum atomic E-state index is 13.2. The van der Waals surface area contributed by atoms with E-state index in [-0.39, 0.29) is 17.4 Å². The van der Waals surface area contributed by atoms with Crippen molar-refractivity contribution in [3.63, 3.8) is 0 Å². The predicted molar refractivity (Wildman–Crippen MR) is 132 cm³/mol. The third-order valence-electron chi connectivity index (χ3n) is 5.83. The molecule has 0 amide bonds. The van der Waals surface area contributed by atoms with E-state index >= 15 is 0 Å². The van der Waals surface area contributed by atoms with Crippen LogP contribution in [-0.4, -0.2) is 51.4 Å². The number of anilines is 1. The van der Waals surface area contributed by atoms with Gasteiger partial charge in [0.15, 0.2) is 17.1 Å². The fraction of sp³-hybridized carbons (Fsp3) is 0.261. The van der Waals surface area contributed by atoms with Crippen LogP contribution in [0.1, 0.15) is 30.0 Å². The van der Waals surface area contributed by atoms with Gasteiger partial charge in [0.2, 0.25) is 0 Å². The van der Waals surface area contributed by atoms with E-state index in [1.165, 1.54) is 12.1 Å². The number of pyridine rings is 1. The van der Waals surface area contributed by atoms with E-state index in [1.54, 1.807) is 23.0 Å². The van der Waals surface area contributed by atoms with Crippen LogP contribution < -0.4 is 5.32 Å². The number of hydrogen-bond acceptors (Lipinski definition) is 7. The molecular formula is C23H23BrN6O3S. The minimum absolute atomic E-state index is 0.0779. The number of benzene rings is 1. The molecule has 9 nitrogen and oxygen atoms in total. The van der Waals surface area contributed by atoms with Crippen molar-refractivity contribution in [3.8, 4) is 11.5 Å². The van der Waals surface area contributed by atoms with Gasteiger partial charge in [-0.1, -0.05) is 6.07 Å². The van der Waals surface area contributed by atoms with Crippen molar-refractivity contribution in [2.45, 2.75) is 30.2 Å². The molecule has 2 atom stereocenters. The molecule has 0 saturated carbocycles. The standard InChI is InChI=1S/C23H23BrN6O3S/c24-18-13-27-30-22(26-12-15-3-1-7-25-11-15)10-19(28-23(18)30)16-4-2-8-29(14-16)34(33)17-5-6-20(31)21(32)9-17/h1,3,5-7,9-11,13,16,26,31-32H,2,4,8,12,14H2. The molecule has 34 heavy (non-hydrogen) atoms. The molecule has 1 saturated heterocycles. The Kier molecular flexibility index (Phi) is 6.48. The summed E-state index contributed by atoms with van der Waals surface area (Å²) >= 11 is 3.55. The minimum Gasteiger partial charge on any atom is -0.504 e. The summed E-state index contributed by atoms with van der Waals surface area (Å²) in [6, 6.07) is 10.2. The van der Waals surface area contributed by atoms with Crippen molar-refractivity contribution < 1.29 is 14.4 Å². The summed E-state index contributed by atoms with van der Waals surface area (Å²) in [5.74, 6) is 0.388. The molecule has 3 aromatic heterocycles. The molecule has 1 aromatic carbocycles. The predicted octanol–water partition coefficient (Wildman–Crippen LogP) is 3.81. The molecule has 1 aliphatic heterocycles. The Morgan fingerprint density at radius 3 is 2.85 bits per heavy atom. The first kappa shape index (κ1) is 22.8. The van der Waals surface area contributed by atoms with Crippen LogP contribution in [0.2, 0.25) is 0 Å². The molecule has 1 fully saturated rings. The summed E-state index contributed by atoms with van der Waals surface area (Å²) in [7, 11) is -1.46. The quantitative estimate of drug-likeness (QED) is 0.317. The van der Waals surface area contributed by atoms with E-state index in [9.17, 15) is 14.4 Å². The Morgan fingerprint density at radius 2 is 2.06 bits per heavy atom. The zero-order chi connectivity index (χ0) is 23.7. The lowest BCUT2D eigenvalue weighted by Crippen LogP contribution is -2.36. The highest BCUT2D eigenvalue weighted by molar-refractivity contribution is 9.10. The lowest BCUT2D eigenvalue weighted by molar-refractivity contribution is 0.327. The highest BCUT2D eigenvalue weighted by Gasteiger charge is 2.28. The topological polar surface area (TPSA) is 116 Å². The number of nitrogens with zero attached hydrogens (tertiary/aromatic N) is 5. The molecule has 1 aliphatic rings. The number of halogens is 1. The molecule has 5 rings (SSSR count). The summed E-state index contributed by atoms with van der Waals surface area (Å²) in [6.45, 7) is 1.83. The Labute approximate surface area is 207 Å². The third kappa shape index (κ3) is 4.63. The number of fused-ring (bicyclic) bond motifs is 1. The van der Waals surface area contributed by atoms with Gasteiger partial charge in [0.05, 0.1) is 21.3 Å². The molecule has 176 valence electrons. The second-order valence-corrected chi connectivity index (χ2v) is 10.5. The zero-order valence-electron chi connectivity index (χ0n) is 18.1. The zero-order valence-corrected chi connectivity index (χ0v) is 20.5. The second kappa shape index (κ2) is 9.69. The number of rotatable bonds is 6. The van der Waals surface area contributed by atoms with Gasteiger partial charge in [-0.05, 0) is 52.5 Å². The average molecular weight is 543 g/mol. The molecule has 2 unspecified atom stereocenters. The van der Waals surface area contributed by atoms with Gasteiger partial charge in [0, 0.05) is 50.1 Å². The highest BCUT2D eigenvalue weighted by Crippen LogP contribution is 2.33. The number of hydrogen-bond donors (Lipinski definition) is 3. The van der Waals surface area contributed by atoms with Gasteiger partial charge in [0.25, 0.3) is 0 Å². The molecule has 0 spiro atoms. The molecular weight excluding hydrogens is 520 g/mol. The molecule has 0 radical (unpaired) electrons. The van der Waals surface area contributed by atoms with E-state index in [0.717, 1.165) is 34.4 Å². The van der Waals surface area contributed by atoms with Crippen molar-refractivity contribution in [2.24, 2.45) is 0 Å². The van der Waals surface area contributed by atoms with Crippen LogP contribution in [0.3, 0.4) is 0 Å². The van der Waals surface area contributed by atoms with E-state index in [4.69, 9.17) is 4.98 Å². The number of phenols is 2. The largest absolute Gasteiger partial charge is 0.504 e. The molecule has 0 bridgehead atoms. The summed E-state index contributed by atoms with van der Waals surface area (Å²) in [6.07, 6.45) is 7.08. The maximum Gasteiger partial charge on any atom is 0.171 e. The summed E-state index contributed by atoms with van der Waals surface area (Å²) in [5, 5.41) is 27.3. The molecule has 4 heterocycles. The monoisotopic (exact) mass is 542 g/mol. The van der Waals surface area contributed by atoms with Crippen LogP contribution in [0.25, 0.3) is 5.65 Å². The molecule has 11 heteroatoms. The third-order valence-corrected chi connectivity index (χ3v) is 7.85. The van der Waals surface area contributed by atoms with E-state index in [1.807, 2.05) is 28.7 Å². The Bertz CT molecular complexity index is 1350. The fourth-order valence-corrected chi connectivity index (χ4v) is 5.73. The van der Waals surface area contributed by atoms with Crippen LogP contribution in [0.4, 0.5) is 5.82 Å². The van der Waals surface area contributed by atoms with Crippen LogP contribution >= 0.6 is 15.9 Å². The van der Waals surface area contributed by atoms with Crippen molar-refractivity contribution in [2.75, 3.05) is 18.4 Å². The Morgan fingerprint density at radius 1 is 1.18 bits per heavy atom. The smallest absolute Gasteiger partial charge is 0.171 e. The van der Waals surface area contributed by atoms with Gasteiger partial charge < -0.3 is 15.5 Å². The van der Waals surface area contributed by atoms with Crippen LogP contribution in [-0.2, 0) is 17.5 Å². The number of nitrogens with one attached hydrogen (secondary N) is 1. The lowest BCUT2D eigenvalue weighted by Gasteiger charge is -2.31. The van der Waals surface area contributed by atoms with E-state index < -0.39 is 11.0 Å². The van der Waals surface area contributed by atoms with Crippen molar-refractivity contribution in [1.82, 2.24) is 23.9 Å². The van der Waals surface area contributed by atoms with Crippen LogP contribution in [0, 0.1) is 0 Å². The van der Waals surface area contributed by atoms with Gasteiger partial charge in [-0.25, -0.2) is 13.5 Å². The minimum atomic E-state index is -1.46. The molecule has 0 aliphatic carbocycles. The lowest BCUT2D eigenvalue weighted by atomic mass is 9.96. The van der Waals surface area contributed by atoms with Gasteiger partial charge in [0.1, 0.15) is 16.8 Å². The summed E-state index contributed by atoms with van der Waals surface area (Å²) < 4.78 is 17.6. The van der Waals surface area contributed by atoms with Crippen LogP contribution in [0.15, 0.2) is 64.4 Å². The van der Waals surface area contributed by atoms with Crippen molar-refractivity contribution in [3.05, 3.63) is 70.7 Å². The maximum absolute atomic E-state index is 13.2. The second-order valence-electron chi connectivity index (χ2n) is 8.14. The first-order chi connectivity index (χ1) is 16.5. The van der Waals surface area contributed by atoms with Crippen molar-refractivity contribution >= 4 is 38.4 Å². The normalized spacial score (nSPS) is 17.6. The van der Waals surface area contributed by atoms with E-state index in [2.05, 4.69) is 31.3 Å². The molecule has 4 aromatic rings. The highest BCUT2D eigenvalue weighted by atomic mass is 79.9. The SMILES string of the molecule is O=S(c1ccc(O)c(O)c1)N1CCCC(c2cc(NCc3cccnc3)n3ncc(Br)c3n2)C1. The number of aromatic nitrogens is 4. The summed E-state index contributed by atoms with van der Waals surface area (Å²) in [5.41, 5.74) is 2.67. The van der Waals surface area contributed by atoms with Gasteiger partial charge in [-0.15, -0.1) is 0 Å². The number of aromatic hydroxyl groups is 2. The van der Waals surface area contributed by atoms with Crippen LogP contribution in [0.5, 0.6) is 11.5 Å². The van der Waals surface area contributed by atoms with Gasteiger partial charge >= 0.3 is 0 Å². The Balaban J connectivity index is 1.41. The summed E-state index contributed by atoms with van der Waals surface area (Å²) in [4.78, 5) is 9.49.